The summed E-state index contributed by atoms with van der Waals surface area (Å²) in [5.74, 6) is 6.65. The summed E-state index contributed by atoms with van der Waals surface area (Å²) < 4.78 is 3.82. The molecule has 0 unspecified atom stereocenters. The van der Waals surface area contributed by atoms with Gasteiger partial charge < -0.3 is 24.9 Å². The maximum absolute atomic E-state index is 12.5. The lowest BCUT2D eigenvalue weighted by Gasteiger charge is -2.13. The number of hydrazine groups is 1. The second-order valence-corrected chi connectivity index (χ2v) is 9.14. The minimum absolute atomic E-state index is 0.0229. The molecule has 0 atom stereocenters. The third kappa shape index (κ3) is 4.68. The summed E-state index contributed by atoms with van der Waals surface area (Å²) in [7, 11) is 0. The molecule has 11 heteroatoms. The monoisotopic (exact) mass is 498 g/mol. The highest BCUT2D eigenvalue weighted by molar-refractivity contribution is 6.30. The number of hydrogen-bond acceptors (Lipinski definition) is 6. The molecule has 0 aromatic carbocycles. The largest absolute Gasteiger partial charge is 0.393 e. The summed E-state index contributed by atoms with van der Waals surface area (Å²) in [6, 6.07) is 5.69. The van der Waals surface area contributed by atoms with Gasteiger partial charge in [0.05, 0.1) is 42.2 Å². The topological polar surface area (TPSA) is 119 Å². The van der Waals surface area contributed by atoms with Gasteiger partial charge in [-0.25, -0.2) is 15.8 Å². The van der Waals surface area contributed by atoms with Gasteiger partial charge in [0, 0.05) is 35.4 Å². The number of aromatic nitrogens is 4. The molecule has 1 aliphatic carbocycles. The van der Waals surface area contributed by atoms with Crippen LogP contribution in [0.25, 0.3) is 11.2 Å². The molecule has 34 heavy (non-hydrogen) atoms. The molecule has 1 saturated carbocycles. The number of alkyl halides is 1. The van der Waals surface area contributed by atoms with E-state index in [1.165, 1.54) is 29.6 Å². The highest BCUT2D eigenvalue weighted by Gasteiger charge is 2.25. The summed E-state index contributed by atoms with van der Waals surface area (Å²) in [5.41, 5.74) is 11.3. The number of halogens is 2. The Kier molecular flexibility index (Phi) is 6.07. The van der Waals surface area contributed by atoms with Crippen LogP contribution in [0.1, 0.15) is 41.3 Å². The number of nitrogens with two attached hydrogens (primary N) is 2. The van der Waals surface area contributed by atoms with Gasteiger partial charge in [-0.1, -0.05) is 11.6 Å². The van der Waals surface area contributed by atoms with Crippen LogP contribution in [0.5, 0.6) is 0 Å². The van der Waals surface area contributed by atoms with Crippen LogP contribution >= 0.6 is 23.2 Å². The Bertz CT molecular complexity index is 1410. The number of hydrogen-bond donors (Lipinski definition) is 3. The fraction of sp³-hybridized carbons (Fsp3) is 0.261. The standard InChI is InChI=1S/C23H24Cl2N8O/c24-7-15-5-16(14-1-2-14)9-32-10-18(30-22(15)32)11-33(27)12-19(26)23(34)28-8-20-21-6-17(25)3-4-31(21)13-29-20/h3-6,9-10,12-14H,1-2,7-8,11,26-27H2,(H,28,34)/b19-12-. The van der Waals surface area contributed by atoms with Crippen molar-refractivity contribution in [2.75, 3.05) is 0 Å². The maximum Gasteiger partial charge on any atom is 0.269 e. The van der Waals surface area contributed by atoms with Gasteiger partial charge in [-0.3, -0.25) is 4.79 Å². The van der Waals surface area contributed by atoms with E-state index in [-0.39, 0.29) is 18.8 Å². The summed E-state index contributed by atoms with van der Waals surface area (Å²) in [6.07, 6.45) is 11.3. The zero-order chi connectivity index (χ0) is 23.8. The summed E-state index contributed by atoms with van der Waals surface area (Å²) in [5, 5.41) is 4.69. The van der Waals surface area contributed by atoms with Gasteiger partial charge in [0.2, 0.25) is 0 Å². The molecule has 0 spiro atoms. The Morgan fingerprint density at radius 2 is 2.12 bits per heavy atom. The minimum Gasteiger partial charge on any atom is -0.393 e. The molecule has 9 nitrogen and oxygen atoms in total. The molecule has 4 heterocycles. The van der Waals surface area contributed by atoms with Gasteiger partial charge in [-0.05, 0) is 42.5 Å². The van der Waals surface area contributed by atoms with E-state index in [0.29, 0.717) is 22.5 Å². The van der Waals surface area contributed by atoms with E-state index in [9.17, 15) is 4.79 Å². The lowest BCUT2D eigenvalue weighted by atomic mass is 10.1. The van der Waals surface area contributed by atoms with Gasteiger partial charge >= 0.3 is 0 Å². The van der Waals surface area contributed by atoms with Gasteiger partial charge in [0.15, 0.2) is 0 Å². The molecular weight excluding hydrogens is 475 g/mol. The Hall–Kier alpha value is -3.27. The number of carbonyl (C=O) groups is 1. The van der Waals surface area contributed by atoms with Crippen molar-refractivity contribution in [3.05, 3.63) is 82.6 Å². The highest BCUT2D eigenvalue weighted by atomic mass is 35.5. The Labute approximate surface area is 205 Å². The van der Waals surface area contributed by atoms with E-state index in [2.05, 4.69) is 27.5 Å². The number of amides is 1. The van der Waals surface area contributed by atoms with Crippen molar-refractivity contribution in [2.24, 2.45) is 11.6 Å². The second kappa shape index (κ2) is 9.17. The fourth-order valence-electron chi connectivity index (χ4n) is 3.95. The third-order valence-electron chi connectivity index (χ3n) is 5.80. The number of pyridine rings is 2. The molecule has 5 rings (SSSR count). The number of imidazole rings is 2. The predicted molar refractivity (Wildman–Crippen MR) is 131 cm³/mol. The second-order valence-electron chi connectivity index (χ2n) is 8.44. The smallest absolute Gasteiger partial charge is 0.269 e. The average molecular weight is 499 g/mol. The van der Waals surface area contributed by atoms with Crippen LogP contribution in [0.15, 0.2) is 55.0 Å². The minimum atomic E-state index is -0.452. The van der Waals surface area contributed by atoms with Gasteiger partial charge in [-0.2, -0.15) is 0 Å². The van der Waals surface area contributed by atoms with Crippen molar-refractivity contribution < 1.29 is 4.79 Å². The molecule has 1 aliphatic rings. The highest BCUT2D eigenvalue weighted by Crippen LogP contribution is 2.40. The Balaban J connectivity index is 1.24. The Morgan fingerprint density at radius 1 is 1.29 bits per heavy atom. The van der Waals surface area contributed by atoms with E-state index in [0.717, 1.165) is 22.4 Å². The first-order valence-corrected chi connectivity index (χ1v) is 11.8. The van der Waals surface area contributed by atoms with Crippen molar-refractivity contribution in [1.29, 1.82) is 0 Å². The predicted octanol–water partition coefficient (Wildman–Crippen LogP) is 3.04. The molecule has 4 aromatic heterocycles. The fourth-order valence-corrected chi connectivity index (χ4v) is 4.30. The van der Waals surface area contributed by atoms with E-state index < -0.39 is 5.91 Å². The zero-order valence-corrected chi connectivity index (χ0v) is 19.8. The molecule has 0 aliphatic heterocycles. The van der Waals surface area contributed by atoms with Crippen molar-refractivity contribution in [2.45, 2.75) is 37.7 Å². The summed E-state index contributed by atoms with van der Waals surface area (Å²) in [6.45, 7) is 0.478. The SMILES string of the molecule is N/C(=C\N(N)Cc1cn2cc(C3CC3)cc(CCl)c2n1)C(=O)NCc1ncn2ccc(Cl)cc12. The van der Waals surface area contributed by atoms with Crippen molar-refractivity contribution in [1.82, 2.24) is 29.1 Å². The van der Waals surface area contributed by atoms with Gasteiger partial charge in [-0.15, -0.1) is 11.6 Å². The van der Waals surface area contributed by atoms with Crippen LogP contribution in [0, 0.1) is 0 Å². The summed E-state index contributed by atoms with van der Waals surface area (Å²) >= 11 is 12.2. The molecule has 0 bridgehead atoms. The van der Waals surface area contributed by atoms with Crippen molar-refractivity contribution in [3.8, 4) is 0 Å². The van der Waals surface area contributed by atoms with Gasteiger partial charge in [0.1, 0.15) is 11.3 Å². The summed E-state index contributed by atoms with van der Waals surface area (Å²) in [4.78, 5) is 21.5. The van der Waals surface area contributed by atoms with Crippen LogP contribution in [0.2, 0.25) is 5.02 Å². The average Bonchev–Trinajstić information content (AvgIpc) is 3.47. The Morgan fingerprint density at radius 3 is 2.88 bits per heavy atom. The number of nitrogens with zero attached hydrogens (tertiary/aromatic N) is 5. The number of fused-ring (bicyclic) bond motifs is 2. The zero-order valence-electron chi connectivity index (χ0n) is 18.3. The van der Waals surface area contributed by atoms with Crippen molar-refractivity contribution in [3.63, 3.8) is 0 Å². The first-order chi connectivity index (χ1) is 16.4. The van der Waals surface area contributed by atoms with E-state index in [4.69, 9.17) is 34.8 Å². The van der Waals surface area contributed by atoms with E-state index in [1.54, 1.807) is 24.7 Å². The molecule has 5 N–H and O–H groups in total. The van der Waals surface area contributed by atoms with E-state index >= 15 is 0 Å². The molecular formula is C23H24Cl2N8O. The molecule has 4 aromatic rings. The van der Waals surface area contributed by atoms with Crippen LogP contribution in [0.4, 0.5) is 0 Å². The molecule has 0 saturated heterocycles. The van der Waals surface area contributed by atoms with E-state index in [1.807, 2.05) is 15.0 Å². The lowest BCUT2D eigenvalue weighted by molar-refractivity contribution is -0.117. The number of nitrogens with one attached hydrogen (secondary N) is 1. The first-order valence-electron chi connectivity index (χ1n) is 10.9. The quantitative estimate of drug-likeness (QED) is 0.148. The van der Waals surface area contributed by atoms with Crippen LogP contribution in [-0.2, 0) is 23.8 Å². The number of carbonyl (C=O) groups excluding carboxylic acids is 1. The number of rotatable bonds is 8. The third-order valence-corrected chi connectivity index (χ3v) is 6.32. The molecule has 0 radical (unpaired) electrons. The molecule has 1 fully saturated rings. The van der Waals surface area contributed by atoms with Crippen LogP contribution in [-0.4, -0.2) is 29.7 Å². The molecule has 1 amide bonds. The van der Waals surface area contributed by atoms with Crippen molar-refractivity contribution >= 4 is 40.3 Å². The normalized spacial score (nSPS) is 14.1. The maximum atomic E-state index is 12.5. The first kappa shape index (κ1) is 22.5. The van der Waals surface area contributed by atoms with Gasteiger partial charge in [0.25, 0.3) is 5.91 Å². The molecule has 176 valence electrons. The lowest BCUT2D eigenvalue weighted by Crippen LogP contribution is -2.32. The van der Waals surface area contributed by atoms with Crippen LogP contribution in [0.3, 0.4) is 0 Å². The van der Waals surface area contributed by atoms with Crippen LogP contribution < -0.4 is 16.9 Å².